The van der Waals surface area contributed by atoms with Gasteiger partial charge in [0.25, 0.3) is 0 Å². The molecule has 0 atom stereocenters. The Hall–Kier alpha value is -2.76. The minimum Gasteiger partial charge on any atom is -0.486 e. The van der Waals surface area contributed by atoms with Crippen molar-refractivity contribution >= 4 is 11.9 Å². The summed E-state index contributed by atoms with van der Waals surface area (Å²) in [6.07, 6.45) is 1.14. The highest BCUT2D eigenvalue weighted by atomic mass is 16.5. The SMILES string of the molecule is NC(=O)c1cccc(OCc2cc(C(=O)O)co2)c1. The standard InChI is InChI=1S/C13H11NO5/c14-12(15)8-2-1-3-10(4-8)19-7-11-5-9(6-18-11)13(16)17/h1-6H,7H2,(H2,14,15)(H,16,17). The van der Waals surface area contributed by atoms with E-state index in [9.17, 15) is 9.59 Å². The first-order chi connectivity index (χ1) is 9.06. The number of hydrogen-bond donors (Lipinski definition) is 2. The van der Waals surface area contributed by atoms with E-state index in [1.165, 1.54) is 12.1 Å². The number of nitrogens with two attached hydrogens (primary N) is 1. The van der Waals surface area contributed by atoms with E-state index in [2.05, 4.69) is 0 Å². The van der Waals surface area contributed by atoms with Gasteiger partial charge in [-0.25, -0.2) is 4.79 Å². The number of amides is 1. The highest BCUT2D eigenvalue weighted by molar-refractivity contribution is 5.93. The molecule has 0 unspecified atom stereocenters. The molecule has 0 aliphatic rings. The van der Waals surface area contributed by atoms with E-state index < -0.39 is 11.9 Å². The Morgan fingerprint density at radius 1 is 1.26 bits per heavy atom. The summed E-state index contributed by atoms with van der Waals surface area (Å²) in [6.45, 7) is 0.0650. The quantitative estimate of drug-likeness (QED) is 0.851. The predicted octanol–water partition coefficient (Wildman–Crippen LogP) is 1.66. The van der Waals surface area contributed by atoms with Crippen molar-refractivity contribution in [2.24, 2.45) is 5.73 Å². The second kappa shape index (κ2) is 5.26. The van der Waals surface area contributed by atoms with Gasteiger partial charge < -0.3 is 20.0 Å². The molecule has 0 saturated carbocycles. The first-order valence-corrected chi connectivity index (χ1v) is 5.39. The lowest BCUT2D eigenvalue weighted by atomic mass is 10.2. The average molecular weight is 261 g/mol. The van der Waals surface area contributed by atoms with Crippen LogP contribution in [0.3, 0.4) is 0 Å². The largest absolute Gasteiger partial charge is 0.486 e. The number of benzene rings is 1. The number of ether oxygens (including phenoxy) is 1. The van der Waals surface area contributed by atoms with Gasteiger partial charge in [0.15, 0.2) is 0 Å². The summed E-state index contributed by atoms with van der Waals surface area (Å²) in [4.78, 5) is 21.6. The number of carboxylic acid groups (broad SMARTS) is 1. The van der Waals surface area contributed by atoms with Crippen LogP contribution in [0.5, 0.6) is 5.75 Å². The van der Waals surface area contributed by atoms with Gasteiger partial charge in [-0.1, -0.05) is 6.07 Å². The molecule has 0 radical (unpaired) electrons. The van der Waals surface area contributed by atoms with Gasteiger partial charge in [-0.15, -0.1) is 0 Å². The van der Waals surface area contributed by atoms with E-state index in [0.717, 1.165) is 6.26 Å². The summed E-state index contributed by atoms with van der Waals surface area (Å²) >= 11 is 0. The molecule has 0 bridgehead atoms. The van der Waals surface area contributed by atoms with Gasteiger partial charge in [-0.3, -0.25) is 4.79 Å². The fourth-order valence-corrected chi connectivity index (χ4v) is 1.46. The smallest absolute Gasteiger partial charge is 0.338 e. The van der Waals surface area contributed by atoms with Crippen LogP contribution in [-0.4, -0.2) is 17.0 Å². The summed E-state index contributed by atoms with van der Waals surface area (Å²) in [5, 5.41) is 8.73. The molecule has 1 amide bonds. The van der Waals surface area contributed by atoms with Crippen LogP contribution in [0.25, 0.3) is 0 Å². The van der Waals surface area contributed by atoms with Crippen molar-refractivity contribution in [1.29, 1.82) is 0 Å². The fraction of sp³-hybridized carbons (Fsp3) is 0.0769. The Morgan fingerprint density at radius 3 is 2.68 bits per heavy atom. The molecule has 6 nitrogen and oxygen atoms in total. The summed E-state index contributed by atoms with van der Waals surface area (Å²) in [6, 6.07) is 7.75. The number of aromatic carboxylic acids is 1. The number of primary amides is 1. The van der Waals surface area contributed by atoms with Crippen LogP contribution < -0.4 is 10.5 Å². The first kappa shape index (κ1) is 12.7. The van der Waals surface area contributed by atoms with Gasteiger partial charge in [0.05, 0.1) is 5.56 Å². The molecule has 0 spiro atoms. The van der Waals surface area contributed by atoms with E-state index in [-0.39, 0.29) is 12.2 Å². The van der Waals surface area contributed by atoms with Crippen molar-refractivity contribution in [3.63, 3.8) is 0 Å². The topological polar surface area (TPSA) is 103 Å². The maximum atomic E-state index is 11.0. The van der Waals surface area contributed by atoms with Gasteiger partial charge in [-0.2, -0.15) is 0 Å². The Morgan fingerprint density at radius 2 is 2.05 bits per heavy atom. The molecule has 0 aliphatic carbocycles. The molecule has 1 aromatic carbocycles. The molecule has 0 aliphatic heterocycles. The van der Waals surface area contributed by atoms with E-state index >= 15 is 0 Å². The van der Waals surface area contributed by atoms with Gasteiger partial charge in [-0.05, 0) is 24.3 Å². The monoisotopic (exact) mass is 261 g/mol. The van der Waals surface area contributed by atoms with Crippen LogP contribution in [0, 0.1) is 0 Å². The van der Waals surface area contributed by atoms with Crippen LogP contribution in [-0.2, 0) is 6.61 Å². The van der Waals surface area contributed by atoms with Crippen LogP contribution in [0.2, 0.25) is 0 Å². The zero-order chi connectivity index (χ0) is 13.8. The van der Waals surface area contributed by atoms with E-state index in [4.69, 9.17) is 20.0 Å². The van der Waals surface area contributed by atoms with E-state index in [1.807, 2.05) is 0 Å². The molecule has 0 saturated heterocycles. The lowest BCUT2D eigenvalue weighted by Crippen LogP contribution is -2.10. The molecule has 1 aromatic heterocycles. The third-order valence-electron chi connectivity index (χ3n) is 2.40. The summed E-state index contributed by atoms with van der Waals surface area (Å²) in [5.74, 6) is -0.784. The van der Waals surface area contributed by atoms with Crippen molar-refractivity contribution in [1.82, 2.24) is 0 Å². The van der Waals surface area contributed by atoms with E-state index in [1.54, 1.807) is 18.2 Å². The van der Waals surface area contributed by atoms with E-state index in [0.29, 0.717) is 17.1 Å². The maximum absolute atomic E-state index is 11.0. The van der Waals surface area contributed by atoms with Gasteiger partial charge in [0.2, 0.25) is 5.91 Å². The third kappa shape index (κ3) is 3.12. The van der Waals surface area contributed by atoms with Crippen LogP contribution in [0.4, 0.5) is 0 Å². The zero-order valence-corrected chi connectivity index (χ0v) is 9.83. The van der Waals surface area contributed by atoms with Crippen molar-refractivity contribution < 1.29 is 23.8 Å². The molecule has 6 heteroatoms. The maximum Gasteiger partial charge on any atom is 0.338 e. The molecular weight excluding hydrogens is 250 g/mol. The van der Waals surface area contributed by atoms with Gasteiger partial charge in [0.1, 0.15) is 24.4 Å². The molecule has 2 aromatic rings. The Bertz CT molecular complexity index is 617. The Kier molecular flexibility index (Phi) is 3.51. The predicted molar refractivity (Wildman–Crippen MR) is 65.0 cm³/mol. The number of rotatable bonds is 5. The lowest BCUT2D eigenvalue weighted by molar-refractivity contribution is 0.0696. The van der Waals surface area contributed by atoms with Crippen LogP contribution in [0.1, 0.15) is 26.5 Å². The number of carbonyl (C=O) groups is 2. The number of carbonyl (C=O) groups excluding carboxylic acids is 1. The number of furan rings is 1. The molecule has 98 valence electrons. The Labute approximate surface area is 108 Å². The summed E-state index contributed by atoms with van der Waals surface area (Å²) in [5.41, 5.74) is 5.54. The second-order valence-electron chi connectivity index (χ2n) is 3.79. The summed E-state index contributed by atoms with van der Waals surface area (Å²) < 4.78 is 10.4. The lowest BCUT2D eigenvalue weighted by Gasteiger charge is -2.04. The van der Waals surface area contributed by atoms with Crippen molar-refractivity contribution in [3.05, 3.63) is 53.5 Å². The highest BCUT2D eigenvalue weighted by Gasteiger charge is 2.09. The van der Waals surface area contributed by atoms with Gasteiger partial charge >= 0.3 is 5.97 Å². The molecule has 0 fully saturated rings. The van der Waals surface area contributed by atoms with Gasteiger partial charge in [0, 0.05) is 5.56 Å². The van der Waals surface area contributed by atoms with Crippen molar-refractivity contribution in [3.8, 4) is 5.75 Å². The van der Waals surface area contributed by atoms with Crippen LogP contribution in [0.15, 0.2) is 41.0 Å². The third-order valence-corrected chi connectivity index (χ3v) is 2.40. The fourth-order valence-electron chi connectivity index (χ4n) is 1.46. The number of hydrogen-bond acceptors (Lipinski definition) is 4. The zero-order valence-electron chi connectivity index (χ0n) is 9.83. The van der Waals surface area contributed by atoms with Crippen molar-refractivity contribution in [2.75, 3.05) is 0 Å². The van der Waals surface area contributed by atoms with Crippen LogP contribution >= 0.6 is 0 Å². The molecule has 2 rings (SSSR count). The minimum absolute atomic E-state index is 0.0597. The molecule has 1 heterocycles. The highest BCUT2D eigenvalue weighted by Crippen LogP contribution is 2.16. The average Bonchev–Trinajstić information content (AvgIpc) is 2.85. The number of carboxylic acids is 1. The molecule has 3 N–H and O–H groups in total. The molecular formula is C13H11NO5. The Balaban J connectivity index is 2.03. The normalized spacial score (nSPS) is 10.1. The summed E-state index contributed by atoms with van der Waals surface area (Å²) in [7, 11) is 0. The second-order valence-corrected chi connectivity index (χ2v) is 3.79. The minimum atomic E-state index is -1.06. The van der Waals surface area contributed by atoms with Crippen molar-refractivity contribution in [2.45, 2.75) is 6.61 Å². The first-order valence-electron chi connectivity index (χ1n) is 5.39. The molecule has 19 heavy (non-hydrogen) atoms.